The number of hydrogen-bond donors (Lipinski definition) is 2. The summed E-state index contributed by atoms with van der Waals surface area (Å²) in [6, 6.07) is 1.51. The minimum Gasteiger partial charge on any atom is -0.478 e. The van der Waals surface area contributed by atoms with E-state index in [2.05, 4.69) is 4.98 Å². The van der Waals surface area contributed by atoms with Gasteiger partial charge >= 0.3 is 5.97 Å². The molecule has 0 atom stereocenters. The van der Waals surface area contributed by atoms with E-state index >= 15 is 0 Å². The van der Waals surface area contributed by atoms with Gasteiger partial charge in [-0.15, -0.1) is 22.7 Å². The van der Waals surface area contributed by atoms with Crippen LogP contribution in [0.25, 0.3) is 12.2 Å². The van der Waals surface area contributed by atoms with Gasteiger partial charge in [-0.1, -0.05) is 20.8 Å². The molecule has 0 saturated heterocycles. The van der Waals surface area contributed by atoms with Crippen LogP contribution in [0.1, 0.15) is 36.0 Å². The summed E-state index contributed by atoms with van der Waals surface area (Å²) in [6.07, 6.45) is 3.06. The smallest absolute Gasteiger partial charge is 0.336 e. The molecule has 0 fully saturated rings. The maximum atomic E-state index is 11.9. The third kappa shape index (κ3) is 3.80. The first-order valence-electron chi connectivity index (χ1n) is 6.45. The van der Waals surface area contributed by atoms with Gasteiger partial charge in [-0.3, -0.25) is 9.59 Å². The van der Waals surface area contributed by atoms with Crippen LogP contribution < -0.4 is 14.8 Å². The molecule has 2 rings (SSSR count). The lowest BCUT2D eigenvalue weighted by molar-refractivity contribution is -0.119. The topological polar surface area (TPSA) is 87.2 Å². The summed E-state index contributed by atoms with van der Waals surface area (Å²) in [6.45, 7) is 5.43. The van der Waals surface area contributed by atoms with E-state index in [-0.39, 0.29) is 16.9 Å². The van der Waals surface area contributed by atoms with Crippen LogP contribution in [-0.4, -0.2) is 21.8 Å². The van der Waals surface area contributed by atoms with Crippen molar-refractivity contribution in [3.63, 3.8) is 0 Å². The molecule has 2 heterocycles. The van der Waals surface area contributed by atoms with Crippen LogP contribution in [0.15, 0.2) is 16.2 Å². The van der Waals surface area contributed by atoms with Gasteiger partial charge in [0.15, 0.2) is 5.78 Å². The fourth-order valence-electron chi connectivity index (χ4n) is 1.53. The number of thiazole rings is 1. The van der Waals surface area contributed by atoms with Gasteiger partial charge in [0.25, 0.3) is 5.56 Å². The Morgan fingerprint density at radius 1 is 1.32 bits per heavy atom. The van der Waals surface area contributed by atoms with Gasteiger partial charge in [-0.25, -0.2) is 4.79 Å². The lowest BCUT2D eigenvalue weighted by atomic mass is 9.91. The molecular weight excluding hydrogens is 322 g/mol. The third-order valence-electron chi connectivity index (χ3n) is 2.82. The van der Waals surface area contributed by atoms with E-state index in [0.29, 0.717) is 14.1 Å². The minimum atomic E-state index is -0.999. The monoisotopic (exact) mass is 337 g/mol. The van der Waals surface area contributed by atoms with Crippen LogP contribution in [0.2, 0.25) is 0 Å². The molecular formula is C15H15NO4S2. The number of aromatic carboxylic acids is 1. The molecule has 2 aromatic heterocycles. The van der Waals surface area contributed by atoms with E-state index in [1.54, 1.807) is 6.08 Å². The predicted octanol–water partition coefficient (Wildman–Crippen LogP) is 1.42. The first kappa shape index (κ1) is 16.4. The number of rotatable bonds is 3. The molecule has 22 heavy (non-hydrogen) atoms. The van der Waals surface area contributed by atoms with Crippen LogP contribution >= 0.6 is 22.7 Å². The molecule has 2 aromatic rings. The largest absolute Gasteiger partial charge is 0.478 e. The first-order valence-corrected chi connectivity index (χ1v) is 8.15. The number of thiophene rings is 1. The Labute approximate surface area is 134 Å². The average Bonchev–Trinajstić information content (AvgIpc) is 2.97. The summed E-state index contributed by atoms with van der Waals surface area (Å²) in [4.78, 5) is 38.0. The summed E-state index contributed by atoms with van der Waals surface area (Å²) in [5.41, 5.74) is -0.600. The van der Waals surface area contributed by atoms with Crippen molar-refractivity contribution in [2.24, 2.45) is 5.41 Å². The van der Waals surface area contributed by atoms with Crippen molar-refractivity contribution in [3.8, 4) is 0 Å². The van der Waals surface area contributed by atoms with E-state index in [4.69, 9.17) is 5.11 Å². The summed E-state index contributed by atoms with van der Waals surface area (Å²) in [5, 5.41) is 10.4. The van der Waals surface area contributed by atoms with Crippen LogP contribution in [0, 0.1) is 5.41 Å². The van der Waals surface area contributed by atoms with Crippen molar-refractivity contribution in [3.05, 3.63) is 41.4 Å². The molecule has 0 saturated carbocycles. The third-order valence-corrected chi connectivity index (χ3v) is 4.66. The fourth-order valence-corrected chi connectivity index (χ4v) is 3.29. The first-order chi connectivity index (χ1) is 10.2. The van der Waals surface area contributed by atoms with E-state index in [0.717, 1.165) is 0 Å². The number of nitrogens with one attached hydrogen (secondary N) is 1. The molecule has 0 unspecified atom stereocenters. The zero-order chi connectivity index (χ0) is 16.5. The quantitative estimate of drug-likeness (QED) is 0.887. The van der Waals surface area contributed by atoms with E-state index < -0.39 is 11.4 Å². The Balaban J connectivity index is 2.43. The number of carbonyl (C=O) groups excluding carboxylic acids is 1. The summed E-state index contributed by atoms with van der Waals surface area (Å²) < 4.78 is 0.929. The lowest BCUT2D eigenvalue weighted by Crippen LogP contribution is -2.22. The molecule has 0 bridgehead atoms. The van der Waals surface area contributed by atoms with Crippen molar-refractivity contribution in [1.82, 2.24) is 4.98 Å². The number of aromatic amines is 1. The highest BCUT2D eigenvalue weighted by molar-refractivity contribution is 7.11. The van der Waals surface area contributed by atoms with Crippen molar-refractivity contribution in [1.29, 1.82) is 0 Å². The highest BCUT2D eigenvalue weighted by Gasteiger charge is 2.18. The van der Waals surface area contributed by atoms with Crippen molar-refractivity contribution >= 4 is 46.6 Å². The van der Waals surface area contributed by atoms with Gasteiger partial charge in [0.1, 0.15) is 0 Å². The second kappa shape index (κ2) is 6.02. The zero-order valence-electron chi connectivity index (χ0n) is 12.3. The van der Waals surface area contributed by atoms with Gasteiger partial charge in [-0.2, -0.15) is 0 Å². The summed E-state index contributed by atoms with van der Waals surface area (Å²) >= 11 is 2.42. The molecule has 5 nitrogen and oxygen atoms in total. The Morgan fingerprint density at radius 3 is 2.55 bits per heavy atom. The second-order valence-electron chi connectivity index (χ2n) is 5.73. The number of H-pyrrole nitrogens is 1. The van der Waals surface area contributed by atoms with Crippen LogP contribution in [0.3, 0.4) is 0 Å². The molecule has 0 aliphatic heterocycles. The Bertz CT molecular complexity index is 893. The Hall–Kier alpha value is -1.99. The fraction of sp³-hybridized carbons (Fsp3) is 0.267. The Morgan fingerprint density at radius 2 is 2.00 bits per heavy atom. The molecule has 0 amide bonds. The van der Waals surface area contributed by atoms with E-state index in [1.807, 2.05) is 20.8 Å². The van der Waals surface area contributed by atoms with Crippen LogP contribution in [-0.2, 0) is 4.79 Å². The number of carbonyl (C=O) groups is 2. The van der Waals surface area contributed by atoms with Crippen molar-refractivity contribution in [2.75, 3.05) is 0 Å². The number of carboxylic acid groups (broad SMARTS) is 1. The maximum Gasteiger partial charge on any atom is 0.336 e. The molecule has 116 valence electrons. The standard InChI is InChI=1S/C15H15NO4S2/c1-15(2,3)11(17)6-12-16-13(18)10(22-12)5-9-4-8(7-21-9)14(19)20/h4-7H,1-3H3,(H,16,18)(H,19,20). The Kier molecular flexibility index (Phi) is 4.48. The molecule has 0 aliphatic rings. The number of hydrogen-bond acceptors (Lipinski definition) is 5. The summed E-state index contributed by atoms with van der Waals surface area (Å²) in [7, 11) is 0. The zero-order valence-corrected chi connectivity index (χ0v) is 13.9. The number of ketones is 1. The van der Waals surface area contributed by atoms with Gasteiger partial charge in [-0.05, 0) is 12.1 Å². The molecule has 7 heteroatoms. The minimum absolute atomic E-state index is 0.0687. The van der Waals surface area contributed by atoms with Crippen molar-refractivity contribution < 1.29 is 14.7 Å². The normalized spacial score (nSPS) is 13.6. The SMILES string of the molecule is CC(C)(C)C(=O)C=c1[nH]c(=O)c(=Cc2cc(C(=O)O)cs2)s1. The van der Waals surface area contributed by atoms with Gasteiger partial charge in [0.05, 0.1) is 14.8 Å². The van der Waals surface area contributed by atoms with Gasteiger partial charge < -0.3 is 10.1 Å². The lowest BCUT2D eigenvalue weighted by Gasteiger charge is -2.12. The van der Waals surface area contributed by atoms with Crippen molar-refractivity contribution in [2.45, 2.75) is 20.8 Å². The molecule has 0 spiro atoms. The average molecular weight is 337 g/mol. The maximum absolute atomic E-state index is 11.9. The predicted molar refractivity (Wildman–Crippen MR) is 88.0 cm³/mol. The van der Waals surface area contributed by atoms with E-state index in [1.165, 1.54) is 40.2 Å². The summed E-state index contributed by atoms with van der Waals surface area (Å²) in [5.74, 6) is -1.07. The van der Waals surface area contributed by atoms with Gasteiger partial charge in [0.2, 0.25) is 0 Å². The van der Waals surface area contributed by atoms with Crippen LogP contribution in [0.5, 0.6) is 0 Å². The molecule has 2 N–H and O–H groups in total. The highest BCUT2D eigenvalue weighted by Crippen LogP contribution is 2.15. The van der Waals surface area contributed by atoms with Crippen LogP contribution in [0.4, 0.5) is 0 Å². The number of aromatic nitrogens is 1. The van der Waals surface area contributed by atoms with Gasteiger partial charge in [0, 0.05) is 21.7 Å². The highest BCUT2D eigenvalue weighted by atomic mass is 32.1. The molecule has 0 aliphatic carbocycles. The molecule has 0 aromatic carbocycles. The van der Waals surface area contributed by atoms with E-state index in [9.17, 15) is 14.4 Å². The number of Topliss-reactive ketones (excluding diaryl/α,β-unsaturated/α-hetero) is 1. The molecule has 0 radical (unpaired) electrons. The second-order valence-corrected chi connectivity index (χ2v) is 7.76. The number of carboxylic acids is 1.